The van der Waals surface area contributed by atoms with E-state index in [0.29, 0.717) is 43.2 Å². The van der Waals surface area contributed by atoms with Crippen LogP contribution in [0.1, 0.15) is 74.7 Å². The van der Waals surface area contributed by atoms with Gasteiger partial charge in [-0.3, -0.25) is 14.4 Å². The Labute approximate surface area is 190 Å². The standard InChI is InChI=1S/C25H35N3O4/c1-16-8-9-21-19(14-16)24(31)26-15-25(32-21)11-10-22(29)28(13-12-25)18(3)23(30)27-20-7-5-4-6-17(20)2/h8-9,14,17-18,20H,4-7,10-13,15H2,1-3H3,(H,26,31)(H,27,30). The maximum absolute atomic E-state index is 13.0. The van der Waals surface area contributed by atoms with Gasteiger partial charge in [0.05, 0.1) is 12.1 Å². The van der Waals surface area contributed by atoms with Crippen molar-refractivity contribution in [3.05, 3.63) is 29.3 Å². The summed E-state index contributed by atoms with van der Waals surface area (Å²) in [6.07, 6.45) is 5.84. The number of amides is 3. The average Bonchev–Trinajstić information content (AvgIpc) is 3.02. The van der Waals surface area contributed by atoms with Crippen molar-refractivity contribution in [2.24, 2.45) is 5.92 Å². The van der Waals surface area contributed by atoms with Gasteiger partial charge in [0, 0.05) is 25.4 Å². The first kappa shape index (κ1) is 22.6. The summed E-state index contributed by atoms with van der Waals surface area (Å²) in [5.74, 6) is 0.758. The lowest BCUT2D eigenvalue weighted by Crippen LogP contribution is -2.52. The number of aryl methyl sites for hydroxylation is 1. The first-order chi connectivity index (χ1) is 15.3. The number of hydrogen-bond donors (Lipinski definition) is 2. The van der Waals surface area contributed by atoms with E-state index in [9.17, 15) is 14.4 Å². The van der Waals surface area contributed by atoms with Crippen LogP contribution < -0.4 is 15.4 Å². The van der Waals surface area contributed by atoms with E-state index in [1.807, 2.05) is 32.0 Å². The van der Waals surface area contributed by atoms with Crippen molar-refractivity contribution in [1.82, 2.24) is 15.5 Å². The maximum Gasteiger partial charge on any atom is 0.255 e. The topological polar surface area (TPSA) is 87.7 Å². The first-order valence-electron chi connectivity index (χ1n) is 12.0. The molecule has 174 valence electrons. The van der Waals surface area contributed by atoms with Crippen molar-refractivity contribution in [1.29, 1.82) is 0 Å². The third-order valence-corrected chi connectivity index (χ3v) is 7.49. The Hall–Kier alpha value is -2.57. The van der Waals surface area contributed by atoms with Crippen LogP contribution in [0.3, 0.4) is 0 Å². The molecule has 1 aromatic carbocycles. The quantitative estimate of drug-likeness (QED) is 0.755. The lowest BCUT2D eigenvalue weighted by Gasteiger charge is -2.34. The highest BCUT2D eigenvalue weighted by Gasteiger charge is 2.42. The van der Waals surface area contributed by atoms with Crippen molar-refractivity contribution in [3.8, 4) is 5.75 Å². The van der Waals surface area contributed by atoms with E-state index in [-0.39, 0.29) is 30.2 Å². The van der Waals surface area contributed by atoms with E-state index in [2.05, 4.69) is 17.6 Å². The molecule has 2 aliphatic heterocycles. The van der Waals surface area contributed by atoms with Crippen molar-refractivity contribution in [2.45, 2.75) is 83.4 Å². The van der Waals surface area contributed by atoms with Crippen LogP contribution in [0, 0.1) is 12.8 Å². The van der Waals surface area contributed by atoms with Gasteiger partial charge in [0.1, 0.15) is 17.4 Å². The molecule has 2 heterocycles. The van der Waals surface area contributed by atoms with E-state index in [1.165, 1.54) is 6.42 Å². The molecule has 0 aromatic heterocycles. The van der Waals surface area contributed by atoms with Crippen LogP contribution in [-0.2, 0) is 9.59 Å². The summed E-state index contributed by atoms with van der Waals surface area (Å²) in [4.78, 5) is 40.2. The molecule has 1 spiro atoms. The second-order valence-corrected chi connectivity index (χ2v) is 9.86. The highest BCUT2D eigenvalue weighted by atomic mass is 16.5. The second-order valence-electron chi connectivity index (χ2n) is 9.86. The summed E-state index contributed by atoms with van der Waals surface area (Å²) in [5, 5.41) is 6.17. The van der Waals surface area contributed by atoms with E-state index in [1.54, 1.807) is 4.90 Å². The number of nitrogens with one attached hydrogen (secondary N) is 2. The summed E-state index contributed by atoms with van der Waals surface area (Å²) in [6, 6.07) is 5.26. The van der Waals surface area contributed by atoms with Crippen LogP contribution in [0.25, 0.3) is 0 Å². The van der Waals surface area contributed by atoms with Crippen LogP contribution in [-0.4, -0.2) is 53.4 Å². The SMILES string of the molecule is Cc1ccc2c(c1)C(=O)NCC1(CCC(=O)N(C(C)C(=O)NC3CCCCC3C)CC1)O2. The Balaban J connectivity index is 1.46. The summed E-state index contributed by atoms with van der Waals surface area (Å²) < 4.78 is 6.40. The molecule has 7 heteroatoms. The van der Waals surface area contributed by atoms with Crippen LogP contribution in [0.5, 0.6) is 5.75 Å². The van der Waals surface area contributed by atoms with Gasteiger partial charge in [-0.25, -0.2) is 0 Å². The van der Waals surface area contributed by atoms with Crippen LogP contribution in [0.15, 0.2) is 18.2 Å². The Morgan fingerprint density at radius 3 is 2.81 bits per heavy atom. The molecule has 1 aromatic rings. The maximum atomic E-state index is 13.0. The molecule has 1 saturated carbocycles. The molecule has 4 unspecified atom stereocenters. The fourth-order valence-corrected chi connectivity index (χ4v) is 5.23. The van der Waals surface area contributed by atoms with Crippen LogP contribution in [0.4, 0.5) is 0 Å². The smallest absolute Gasteiger partial charge is 0.255 e. The zero-order valence-corrected chi connectivity index (χ0v) is 19.4. The molecule has 2 fully saturated rings. The van der Waals surface area contributed by atoms with Gasteiger partial charge in [0.15, 0.2) is 0 Å². The van der Waals surface area contributed by atoms with Gasteiger partial charge in [0.25, 0.3) is 5.91 Å². The van der Waals surface area contributed by atoms with Gasteiger partial charge < -0.3 is 20.3 Å². The van der Waals surface area contributed by atoms with E-state index in [4.69, 9.17) is 4.74 Å². The highest BCUT2D eigenvalue weighted by Crippen LogP contribution is 2.34. The van der Waals surface area contributed by atoms with E-state index >= 15 is 0 Å². The fraction of sp³-hybridized carbons (Fsp3) is 0.640. The molecule has 3 aliphatic rings. The number of ether oxygens (including phenoxy) is 1. The number of rotatable bonds is 3. The zero-order chi connectivity index (χ0) is 22.9. The van der Waals surface area contributed by atoms with Gasteiger partial charge in [-0.15, -0.1) is 0 Å². The molecular weight excluding hydrogens is 406 g/mol. The number of likely N-dealkylation sites (tertiary alicyclic amines) is 1. The summed E-state index contributed by atoms with van der Waals surface area (Å²) in [6.45, 7) is 6.71. The van der Waals surface area contributed by atoms with E-state index < -0.39 is 11.6 Å². The normalized spacial score (nSPS) is 29.3. The number of carbonyl (C=O) groups excluding carboxylic acids is 3. The number of hydrogen-bond acceptors (Lipinski definition) is 4. The molecule has 2 N–H and O–H groups in total. The Kier molecular flexibility index (Phi) is 6.45. The number of carbonyl (C=O) groups is 3. The number of fused-ring (bicyclic) bond motifs is 1. The minimum absolute atomic E-state index is 0.0375. The Morgan fingerprint density at radius 2 is 2.03 bits per heavy atom. The lowest BCUT2D eigenvalue weighted by molar-refractivity contribution is -0.140. The Morgan fingerprint density at radius 1 is 1.25 bits per heavy atom. The predicted octanol–water partition coefficient (Wildman–Crippen LogP) is 2.95. The zero-order valence-electron chi connectivity index (χ0n) is 19.4. The average molecular weight is 442 g/mol. The van der Waals surface area contributed by atoms with Gasteiger partial charge in [-0.1, -0.05) is 31.4 Å². The molecule has 7 nitrogen and oxygen atoms in total. The second kappa shape index (κ2) is 9.12. The predicted molar refractivity (Wildman–Crippen MR) is 121 cm³/mol. The molecular formula is C25H35N3O4. The third kappa shape index (κ3) is 4.62. The molecule has 1 saturated heterocycles. The summed E-state index contributed by atoms with van der Waals surface area (Å²) >= 11 is 0. The van der Waals surface area contributed by atoms with Gasteiger partial charge >= 0.3 is 0 Å². The molecule has 32 heavy (non-hydrogen) atoms. The summed E-state index contributed by atoms with van der Waals surface area (Å²) in [7, 11) is 0. The first-order valence-corrected chi connectivity index (χ1v) is 12.0. The minimum atomic E-state index is -0.658. The monoisotopic (exact) mass is 441 g/mol. The third-order valence-electron chi connectivity index (χ3n) is 7.49. The van der Waals surface area contributed by atoms with Crippen molar-refractivity contribution in [3.63, 3.8) is 0 Å². The Bertz CT molecular complexity index is 901. The van der Waals surface area contributed by atoms with Crippen molar-refractivity contribution in [2.75, 3.05) is 13.1 Å². The largest absolute Gasteiger partial charge is 0.485 e. The minimum Gasteiger partial charge on any atom is -0.485 e. The number of benzene rings is 1. The van der Waals surface area contributed by atoms with E-state index in [0.717, 1.165) is 24.8 Å². The molecule has 4 rings (SSSR count). The summed E-state index contributed by atoms with van der Waals surface area (Å²) in [5.41, 5.74) is 0.866. The number of nitrogens with zero attached hydrogens (tertiary/aromatic N) is 1. The van der Waals surface area contributed by atoms with Crippen molar-refractivity contribution < 1.29 is 19.1 Å². The van der Waals surface area contributed by atoms with Crippen LogP contribution in [0.2, 0.25) is 0 Å². The molecule has 1 aliphatic carbocycles. The van der Waals surface area contributed by atoms with Crippen molar-refractivity contribution >= 4 is 17.7 Å². The lowest BCUT2D eigenvalue weighted by atomic mass is 9.86. The van der Waals surface area contributed by atoms with Gasteiger partial charge in [-0.05, 0) is 51.2 Å². The van der Waals surface area contributed by atoms with Gasteiger partial charge in [0.2, 0.25) is 11.8 Å². The highest BCUT2D eigenvalue weighted by molar-refractivity contribution is 5.97. The molecule has 0 bridgehead atoms. The van der Waals surface area contributed by atoms with Crippen LogP contribution >= 0.6 is 0 Å². The van der Waals surface area contributed by atoms with Gasteiger partial charge in [-0.2, -0.15) is 0 Å². The molecule has 3 amide bonds. The molecule has 4 atom stereocenters. The fourth-order valence-electron chi connectivity index (χ4n) is 5.23. The molecule has 0 radical (unpaired) electrons.